The Morgan fingerprint density at radius 2 is 1.47 bits per heavy atom. The minimum Gasteiger partial charge on any atom is -0.299 e. The van der Waals surface area contributed by atoms with Crippen molar-refractivity contribution in [3.8, 4) is 0 Å². The molecule has 0 aromatic carbocycles. The summed E-state index contributed by atoms with van der Waals surface area (Å²) in [5, 5.41) is 0. The highest BCUT2D eigenvalue weighted by Crippen LogP contribution is 2.33. The third-order valence-corrected chi connectivity index (χ3v) is 4.25. The largest absolute Gasteiger partial charge is 0.299 e. The third kappa shape index (κ3) is 3.09. The summed E-state index contributed by atoms with van der Waals surface area (Å²) in [7, 11) is 0. The van der Waals surface area contributed by atoms with E-state index in [0.29, 0.717) is 38.5 Å². The number of ketones is 3. The van der Waals surface area contributed by atoms with Gasteiger partial charge in [-0.1, -0.05) is 24.3 Å². The van der Waals surface area contributed by atoms with Gasteiger partial charge in [-0.25, -0.2) is 0 Å². The summed E-state index contributed by atoms with van der Waals surface area (Å²) >= 11 is 0. The SMILES string of the molecule is C=C(CCC1C(=O)CCC1=O)CC1C(=C)CCC1=O. The van der Waals surface area contributed by atoms with Gasteiger partial charge < -0.3 is 0 Å². The topological polar surface area (TPSA) is 51.2 Å². The molecular weight excluding hydrogens is 240 g/mol. The Kier molecular flexibility index (Phi) is 4.13. The standard InChI is InChI=1S/C16H20O3/c1-10(9-13-11(2)4-6-16(13)19)3-5-12-14(17)7-8-15(12)18/h12-13H,1-9H2. The summed E-state index contributed by atoms with van der Waals surface area (Å²) in [5.41, 5.74) is 1.95. The zero-order valence-corrected chi connectivity index (χ0v) is 11.2. The van der Waals surface area contributed by atoms with Crippen LogP contribution >= 0.6 is 0 Å². The van der Waals surface area contributed by atoms with Crippen LogP contribution in [0.5, 0.6) is 0 Å². The Morgan fingerprint density at radius 1 is 0.947 bits per heavy atom. The molecule has 0 spiro atoms. The Hall–Kier alpha value is -1.51. The minimum absolute atomic E-state index is 0.0687. The molecule has 0 bridgehead atoms. The summed E-state index contributed by atoms with van der Waals surface area (Å²) in [6, 6.07) is 0. The average molecular weight is 260 g/mol. The van der Waals surface area contributed by atoms with E-state index in [1.165, 1.54) is 0 Å². The number of carbonyl (C=O) groups is 3. The molecule has 0 amide bonds. The zero-order valence-electron chi connectivity index (χ0n) is 11.2. The fourth-order valence-electron chi connectivity index (χ4n) is 2.95. The number of hydrogen-bond acceptors (Lipinski definition) is 3. The maximum absolute atomic E-state index is 11.7. The monoisotopic (exact) mass is 260 g/mol. The maximum atomic E-state index is 11.7. The maximum Gasteiger partial charge on any atom is 0.143 e. The van der Waals surface area contributed by atoms with E-state index in [1.54, 1.807) is 0 Å². The van der Waals surface area contributed by atoms with E-state index < -0.39 is 5.92 Å². The van der Waals surface area contributed by atoms with Gasteiger partial charge in [-0.2, -0.15) is 0 Å². The van der Waals surface area contributed by atoms with E-state index in [9.17, 15) is 14.4 Å². The van der Waals surface area contributed by atoms with E-state index in [-0.39, 0.29) is 23.3 Å². The first-order valence-corrected chi connectivity index (χ1v) is 6.91. The molecule has 2 saturated carbocycles. The molecule has 19 heavy (non-hydrogen) atoms. The van der Waals surface area contributed by atoms with Gasteiger partial charge in [0.05, 0.1) is 5.92 Å². The van der Waals surface area contributed by atoms with Gasteiger partial charge >= 0.3 is 0 Å². The molecule has 3 heteroatoms. The Bertz CT molecular complexity index is 427. The average Bonchev–Trinajstić information content (AvgIpc) is 2.84. The molecular formula is C16H20O3. The predicted octanol–water partition coefficient (Wildman–Crippen LogP) is 2.80. The quantitative estimate of drug-likeness (QED) is 0.564. The van der Waals surface area contributed by atoms with Crippen LogP contribution in [-0.2, 0) is 14.4 Å². The minimum atomic E-state index is -0.417. The zero-order chi connectivity index (χ0) is 14.0. The lowest BCUT2D eigenvalue weighted by molar-refractivity contribution is -0.127. The number of Topliss-reactive ketones (excluding diaryl/α,β-unsaturated/α-hetero) is 3. The molecule has 0 radical (unpaired) electrons. The van der Waals surface area contributed by atoms with Crippen LogP contribution in [-0.4, -0.2) is 17.3 Å². The van der Waals surface area contributed by atoms with E-state index in [4.69, 9.17) is 0 Å². The van der Waals surface area contributed by atoms with Crippen molar-refractivity contribution >= 4 is 17.3 Å². The number of rotatable bonds is 5. The van der Waals surface area contributed by atoms with E-state index in [1.807, 2.05) is 0 Å². The number of hydrogen-bond donors (Lipinski definition) is 0. The second-order valence-electron chi connectivity index (χ2n) is 5.66. The first-order valence-electron chi connectivity index (χ1n) is 6.91. The Morgan fingerprint density at radius 3 is 2.00 bits per heavy atom. The van der Waals surface area contributed by atoms with Crippen molar-refractivity contribution < 1.29 is 14.4 Å². The fraction of sp³-hybridized carbons (Fsp3) is 0.562. The molecule has 2 aliphatic carbocycles. The van der Waals surface area contributed by atoms with Crippen molar-refractivity contribution in [3.05, 3.63) is 24.3 Å². The first kappa shape index (κ1) is 13.9. The highest BCUT2D eigenvalue weighted by molar-refractivity contribution is 6.08. The van der Waals surface area contributed by atoms with Gasteiger partial charge in [0.2, 0.25) is 0 Å². The molecule has 1 atom stereocenters. The van der Waals surface area contributed by atoms with Crippen molar-refractivity contribution in [1.82, 2.24) is 0 Å². The van der Waals surface area contributed by atoms with Crippen molar-refractivity contribution in [2.75, 3.05) is 0 Å². The first-order chi connectivity index (χ1) is 8.99. The molecule has 0 aromatic heterocycles. The summed E-state index contributed by atoms with van der Waals surface area (Å²) < 4.78 is 0. The molecule has 0 saturated heterocycles. The predicted molar refractivity (Wildman–Crippen MR) is 72.6 cm³/mol. The Labute approximate surface area is 113 Å². The molecule has 1 unspecified atom stereocenters. The van der Waals surface area contributed by atoms with Crippen LogP contribution in [0.15, 0.2) is 24.3 Å². The van der Waals surface area contributed by atoms with Crippen molar-refractivity contribution in [2.24, 2.45) is 11.8 Å². The van der Waals surface area contributed by atoms with E-state index >= 15 is 0 Å². The van der Waals surface area contributed by atoms with Gasteiger partial charge in [-0.3, -0.25) is 14.4 Å². The molecule has 0 heterocycles. The lowest BCUT2D eigenvalue weighted by Crippen LogP contribution is -2.15. The van der Waals surface area contributed by atoms with Crippen LogP contribution in [0.4, 0.5) is 0 Å². The highest BCUT2D eigenvalue weighted by Gasteiger charge is 2.33. The summed E-state index contributed by atoms with van der Waals surface area (Å²) in [6.07, 6.45) is 4.02. The molecule has 2 fully saturated rings. The van der Waals surface area contributed by atoms with Crippen LogP contribution in [0.2, 0.25) is 0 Å². The lowest BCUT2D eigenvalue weighted by atomic mass is 9.90. The van der Waals surface area contributed by atoms with Crippen LogP contribution in [0.25, 0.3) is 0 Å². The second kappa shape index (κ2) is 5.64. The molecule has 0 aliphatic heterocycles. The fourth-order valence-corrected chi connectivity index (χ4v) is 2.95. The molecule has 3 nitrogen and oxygen atoms in total. The third-order valence-electron chi connectivity index (χ3n) is 4.25. The van der Waals surface area contributed by atoms with Crippen molar-refractivity contribution in [2.45, 2.75) is 44.9 Å². The van der Waals surface area contributed by atoms with Gasteiger partial charge in [-0.15, -0.1) is 0 Å². The Balaban J connectivity index is 1.82. The van der Waals surface area contributed by atoms with Crippen LogP contribution in [0.1, 0.15) is 44.9 Å². The van der Waals surface area contributed by atoms with Crippen LogP contribution in [0, 0.1) is 11.8 Å². The highest BCUT2D eigenvalue weighted by atomic mass is 16.2. The van der Waals surface area contributed by atoms with Gasteiger partial charge in [0.15, 0.2) is 0 Å². The van der Waals surface area contributed by atoms with Gasteiger partial charge in [0, 0.05) is 25.2 Å². The van der Waals surface area contributed by atoms with Crippen molar-refractivity contribution in [1.29, 1.82) is 0 Å². The van der Waals surface area contributed by atoms with Gasteiger partial charge in [0.1, 0.15) is 17.3 Å². The second-order valence-corrected chi connectivity index (χ2v) is 5.66. The summed E-state index contributed by atoms with van der Waals surface area (Å²) in [5.74, 6) is -0.112. The molecule has 0 aromatic rings. The molecule has 102 valence electrons. The number of carbonyl (C=O) groups excluding carboxylic acids is 3. The lowest BCUT2D eigenvalue weighted by Gasteiger charge is -2.13. The van der Waals surface area contributed by atoms with E-state index in [0.717, 1.165) is 17.6 Å². The van der Waals surface area contributed by atoms with Crippen LogP contribution in [0.3, 0.4) is 0 Å². The van der Waals surface area contributed by atoms with Crippen LogP contribution < -0.4 is 0 Å². The summed E-state index contributed by atoms with van der Waals surface area (Å²) in [6.45, 7) is 7.91. The van der Waals surface area contributed by atoms with Crippen molar-refractivity contribution in [3.63, 3.8) is 0 Å². The van der Waals surface area contributed by atoms with Gasteiger partial charge in [0.25, 0.3) is 0 Å². The van der Waals surface area contributed by atoms with E-state index in [2.05, 4.69) is 13.2 Å². The molecule has 2 rings (SSSR count). The molecule has 0 N–H and O–H groups in total. The number of allylic oxidation sites excluding steroid dienone is 2. The summed E-state index contributed by atoms with van der Waals surface area (Å²) in [4.78, 5) is 34.7. The van der Waals surface area contributed by atoms with Gasteiger partial charge in [-0.05, 0) is 25.7 Å². The normalized spacial score (nSPS) is 24.5. The molecule has 2 aliphatic rings. The smallest absolute Gasteiger partial charge is 0.143 e.